The van der Waals surface area contributed by atoms with Crippen LogP contribution in [-0.4, -0.2) is 12.1 Å². The van der Waals surface area contributed by atoms with Crippen molar-refractivity contribution in [3.8, 4) is 0 Å². The van der Waals surface area contributed by atoms with Gasteiger partial charge in [0.1, 0.15) is 6.10 Å². The van der Waals surface area contributed by atoms with Crippen molar-refractivity contribution < 1.29 is 9.53 Å². The first-order valence-corrected chi connectivity index (χ1v) is 13.8. The minimum atomic E-state index is -0.0877. The summed E-state index contributed by atoms with van der Waals surface area (Å²) in [5, 5.41) is 0. The van der Waals surface area contributed by atoms with Crippen LogP contribution in [0.5, 0.6) is 0 Å². The van der Waals surface area contributed by atoms with E-state index < -0.39 is 0 Å². The van der Waals surface area contributed by atoms with Crippen molar-refractivity contribution in [2.24, 2.45) is 52.3 Å². The lowest BCUT2D eigenvalue weighted by molar-refractivity contribution is -0.160. The van der Waals surface area contributed by atoms with Crippen LogP contribution in [0.25, 0.3) is 0 Å². The van der Waals surface area contributed by atoms with E-state index in [1.165, 1.54) is 64.2 Å². The molecule has 0 aromatic carbocycles. The fraction of sp³-hybridized carbons (Fsp3) is 0.966. The van der Waals surface area contributed by atoms with Crippen LogP contribution in [0.4, 0.5) is 0 Å². The minimum Gasteiger partial charge on any atom is -0.463 e. The Morgan fingerprint density at radius 3 is 2.32 bits per heavy atom. The quantitative estimate of drug-likeness (QED) is 0.398. The standard InChI is InChI=1S/C29H50O2/c1-19(2)8-7-9-20(3)25-12-13-26-24-11-10-22-18-23(31-21(4)30)14-16-28(22,5)27(24)15-17-29(25,26)6/h19-20,22-27H,7-18H2,1-6H3/t20-,22+,23-,24-,25+,26+,27-,28+,29-/m1/s1. The highest BCUT2D eigenvalue weighted by atomic mass is 16.5. The Kier molecular flexibility index (Phi) is 6.87. The predicted octanol–water partition coefficient (Wildman–Crippen LogP) is 8.04. The van der Waals surface area contributed by atoms with Gasteiger partial charge in [-0.1, -0.05) is 53.9 Å². The van der Waals surface area contributed by atoms with E-state index in [1.807, 2.05) is 0 Å². The fourth-order valence-electron chi connectivity index (χ4n) is 9.59. The van der Waals surface area contributed by atoms with E-state index in [0.717, 1.165) is 54.3 Å². The summed E-state index contributed by atoms with van der Waals surface area (Å²) in [5.41, 5.74) is 1.08. The average molecular weight is 431 g/mol. The molecule has 0 heterocycles. The van der Waals surface area contributed by atoms with Crippen molar-refractivity contribution in [3.63, 3.8) is 0 Å². The summed E-state index contributed by atoms with van der Waals surface area (Å²) in [4.78, 5) is 11.5. The van der Waals surface area contributed by atoms with Crippen LogP contribution in [0.2, 0.25) is 0 Å². The average Bonchev–Trinajstić information content (AvgIpc) is 3.05. The molecule has 4 fully saturated rings. The van der Waals surface area contributed by atoms with Gasteiger partial charge in [-0.2, -0.15) is 0 Å². The smallest absolute Gasteiger partial charge is 0.302 e. The number of rotatable bonds is 6. The molecule has 9 atom stereocenters. The van der Waals surface area contributed by atoms with E-state index in [2.05, 4.69) is 34.6 Å². The molecule has 0 radical (unpaired) electrons. The highest BCUT2D eigenvalue weighted by molar-refractivity contribution is 5.66. The third-order valence-corrected chi connectivity index (χ3v) is 11.2. The van der Waals surface area contributed by atoms with Gasteiger partial charge in [0.05, 0.1) is 0 Å². The molecule has 31 heavy (non-hydrogen) atoms. The Balaban J connectivity index is 1.43. The Morgan fingerprint density at radius 1 is 0.903 bits per heavy atom. The molecule has 4 saturated carbocycles. The maximum absolute atomic E-state index is 11.5. The molecule has 0 N–H and O–H groups in total. The van der Waals surface area contributed by atoms with Gasteiger partial charge in [0.25, 0.3) is 0 Å². The third kappa shape index (κ3) is 4.35. The number of carbonyl (C=O) groups excluding carboxylic acids is 1. The molecule has 0 bridgehead atoms. The van der Waals surface area contributed by atoms with Crippen LogP contribution in [0.3, 0.4) is 0 Å². The molecule has 0 amide bonds. The normalized spacial score (nSPS) is 45.5. The van der Waals surface area contributed by atoms with Gasteiger partial charge in [0, 0.05) is 6.92 Å². The van der Waals surface area contributed by atoms with E-state index in [0.29, 0.717) is 10.8 Å². The van der Waals surface area contributed by atoms with E-state index in [4.69, 9.17) is 4.74 Å². The van der Waals surface area contributed by atoms with E-state index in [-0.39, 0.29) is 12.1 Å². The summed E-state index contributed by atoms with van der Waals surface area (Å²) in [7, 11) is 0. The van der Waals surface area contributed by atoms with Gasteiger partial charge in [-0.25, -0.2) is 0 Å². The largest absolute Gasteiger partial charge is 0.463 e. The fourth-order valence-corrected chi connectivity index (χ4v) is 9.59. The number of carbonyl (C=O) groups is 1. The van der Waals surface area contributed by atoms with Crippen molar-refractivity contribution in [2.75, 3.05) is 0 Å². The molecule has 2 heteroatoms. The molecular weight excluding hydrogens is 380 g/mol. The van der Waals surface area contributed by atoms with Gasteiger partial charge in [0.15, 0.2) is 0 Å². The Bertz CT molecular complexity index is 641. The first-order chi connectivity index (χ1) is 14.6. The zero-order valence-corrected chi connectivity index (χ0v) is 21.4. The SMILES string of the molecule is CC(=O)O[C@@H]1CC[C@@]2(C)[C@@H](CC[C@H]3[C@H]2CC[C@@]2(C)[C@H]3CC[C@H]2[C@H](C)CCCC(C)C)C1. The zero-order valence-electron chi connectivity index (χ0n) is 21.4. The first kappa shape index (κ1) is 23.6. The number of esters is 1. The second-order valence-electron chi connectivity index (χ2n) is 13.2. The monoisotopic (exact) mass is 430 g/mol. The lowest BCUT2D eigenvalue weighted by Gasteiger charge is -2.61. The molecule has 4 aliphatic rings. The molecule has 0 aliphatic heterocycles. The van der Waals surface area contributed by atoms with Gasteiger partial charge >= 0.3 is 5.97 Å². The van der Waals surface area contributed by atoms with Crippen LogP contribution < -0.4 is 0 Å². The second-order valence-corrected chi connectivity index (χ2v) is 13.2. The molecule has 0 aromatic rings. The van der Waals surface area contributed by atoms with Gasteiger partial charge in [-0.05, 0) is 110 Å². The summed E-state index contributed by atoms with van der Waals surface area (Å²) >= 11 is 0. The molecule has 4 aliphatic carbocycles. The molecule has 0 spiro atoms. The maximum Gasteiger partial charge on any atom is 0.302 e. The topological polar surface area (TPSA) is 26.3 Å². The molecule has 4 rings (SSSR count). The highest BCUT2D eigenvalue weighted by Gasteiger charge is 2.60. The number of hydrogen-bond acceptors (Lipinski definition) is 2. The second kappa shape index (κ2) is 9.02. The van der Waals surface area contributed by atoms with Crippen molar-refractivity contribution >= 4 is 5.97 Å². The van der Waals surface area contributed by atoms with Crippen LogP contribution in [-0.2, 0) is 9.53 Å². The van der Waals surface area contributed by atoms with Crippen molar-refractivity contribution in [1.29, 1.82) is 0 Å². The van der Waals surface area contributed by atoms with Crippen LogP contribution >= 0.6 is 0 Å². The minimum absolute atomic E-state index is 0.0877. The molecule has 0 saturated heterocycles. The number of hydrogen-bond donors (Lipinski definition) is 0. The van der Waals surface area contributed by atoms with Crippen LogP contribution in [0.15, 0.2) is 0 Å². The third-order valence-electron chi connectivity index (χ3n) is 11.2. The highest BCUT2D eigenvalue weighted by Crippen LogP contribution is 2.68. The lowest BCUT2D eigenvalue weighted by Crippen LogP contribution is -2.54. The Labute approximate surface area is 192 Å². The molecule has 2 nitrogen and oxygen atoms in total. The molecule has 178 valence electrons. The summed E-state index contributed by atoms with van der Waals surface area (Å²) < 4.78 is 5.65. The van der Waals surface area contributed by atoms with Gasteiger partial charge < -0.3 is 4.74 Å². The van der Waals surface area contributed by atoms with E-state index in [9.17, 15) is 4.79 Å². The zero-order chi connectivity index (χ0) is 22.4. The van der Waals surface area contributed by atoms with E-state index in [1.54, 1.807) is 6.92 Å². The molecular formula is C29H50O2. The Morgan fingerprint density at radius 2 is 1.61 bits per heavy atom. The maximum atomic E-state index is 11.5. The van der Waals surface area contributed by atoms with Crippen LogP contribution in [0, 0.1) is 52.3 Å². The van der Waals surface area contributed by atoms with Crippen LogP contribution in [0.1, 0.15) is 119 Å². The van der Waals surface area contributed by atoms with Crippen molar-refractivity contribution in [2.45, 2.75) is 125 Å². The van der Waals surface area contributed by atoms with Crippen molar-refractivity contribution in [3.05, 3.63) is 0 Å². The Hall–Kier alpha value is -0.530. The number of fused-ring (bicyclic) bond motifs is 5. The summed E-state index contributed by atoms with van der Waals surface area (Å²) in [6.45, 7) is 14.2. The van der Waals surface area contributed by atoms with Gasteiger partial charge in [0.2, 0.25) is 0 Å². The summed E-state index contributed by atoms with van der Waals surface area (Å²) in [5.74, 6) is 6.22. The van der Waals surface area contributed by atoms with Crippen molar-refractivity contribution in [1.82, 2.24) is 0 Å². The molecule has 0 aromatic heterocycles. The summed E-state index contributed by atoms with van der Waals surface area (Å²) in [6.07, 6.45) is 16.6. The lowest BCUT2D eigenvalue weighted by atomic mass is 9.44. The predicted molar refractivity (Wildman–Crippen MR) is 129 cm³/mol. The van der Waals surface area contributed by atoms with Gasteiger partial charge in [-0.3, -0.25) is 4.79 Å². The molecule has 0 unspecified atom stereocenters. The van der Waals surface area contributed by atoms with Gasteiger partial charge in [-0.15, -0.1) is 0 Å². The van der Waals surface area contributed by atoms with E-state index >= 15 is 0 Å². The first-order valence-electron chi connectivity index (χ1n) is 13.8. The summed E-state index contributed by atoms with van der Waals surface area (Å²) in [6, 6.07) is 0. The number of ether oxygens (including phenoxy) is 1.